The van der Waals surface area contributed by atoms with Crippen molar-refractivity contribution >= 4 is 29.4 Å². The molecule has 0 radical (unpaired) electrons. The number of aryl methyl sites for hydroxylation is 1. The number of hydrogen-bond acceptors (Lipinski definition) is 7. The topological polar surface area (TPSA) is 114 Å². The van der Waals surface area contributed by atoms with Crippen molar-refractivity contribution in [3.8, 4) is 11.1 Å². The van der Waals surface area contributed by atoms with Crippen LogP contribution in [0.25, 0.3) is 11.1 Å². The standard InChI is InChI=1S/C28H28F3N5O4/c1-15-10-23(33-12-17-6-9-22(32-11-17)28(29,30)31)34-13-19(15)18-7-8-21(35-16(2)37)24-20(18)14-36(25(24)38)26(39)40-27(3,4)5/h6-11,13H,12,14H2,1-5H3,(H,33,34)(H,35,37). The fourth-order valence-electron chi connectivity index (χ4n) is 4.26. The summed E-state index contributed by atoms with van der Waals surface area (Å²) in [6, 6.07) is 7.39. The lowest BCUT2D eigenvalue weighted by Gasteiger charge is -2.23. The third-order valence-corrected chi connectivity index (χ3v) is 6.00. The van der Waals surface area contributed by atoms with E-state index in [0.29, 0.717) is 28.1 Å². The molecule has 3 aromatic rings. The van der Waals surface area contributed by atoms with E-state index < -0.39 is 29.5 Å². The van der Waals surface area contributed by atoms with Gasteiger partial charge in [0.05, 0.1) is 17.8 Å². The van der Waals surface area contributed by atoms with Crippen LogP contribution in [0.2, 0.25) is 0 Å². The van der Waals surface area contributed by atoms with Gasteiger partial charge in [-0.25, -0.2) is 14.7 Å². The van der Waals surface area contributed by atoms with Gasteiger partial charge in [-0.1, -0.05) is 12.1 Å². The molecule has 0 saturated heterocycles. The van der Waals surface area contributed by atoms with Crippen LogP contribution in [0.1, 0.15) is 60.4 Å². The van der Waals surface area contributed by atoms with Crippen LogP contribution in [0, 0.1) is 6.92 Å². The maximum absolute atomic E-state index is 13.3. The fraction of sp³-hybridized carbons (Fsp3) is 0.321. The van der Waals surface area contributed by atoms with E-state index in [4.69, 9.17) is 4.74 Å². The second-order valence-corrected chi connectivity index (χ2v) is 10.4. The van der Waals surface area contributed by atoms with Gasteiger partial charge in [0.2, 0.25) is 5.91 Å². The molecule has 0 aliphatic carbocycles. The molecular formula is C28H28F3N5O4. The summed E-state index contributed by atoms with van der Waals surface area (Å²) in [5, 5.41) is 5.73. The number of amides is 3. The van der Waals surface area contributed by atoms with Crippen LogP contribution in [-0.2, 0) is 28.8 Å². The number of ether oxygens (including phenoxy) is 1. The van der Waals surface area contributed by atoms with Crippen molar-refractivity contribution in [2.45, 2.75) is 59.5 Å². The number of hydrogen-bond donors (Lipinski definition) is 2. The second-order valence-electron chi connectivity index (χ2n) is 10.4. The van der Waals surface area contributed by atoms with E-state index in [-0.39, 0.29) is 30.2 Å². The van der Waals surface area contributed by atoms with Gasteiger partial charge < -0.3 is 15.4 Å². The third-order valence-electron chi connectivity index (χ3n) is 6.00. The zero-order chi connectivity index (χ0) is 29.4. The van der Waals surface area contributed by atoms with Crippen molar-refractivity contribution in [2.24, 2.45) is 0 Å². The van der Waals surface area contributed by atoms with Crippen molar-refractivity contribution in [1.29, 1.82) is 0 Å². The molecule has 0 fully saturated rings. The molecule has 0 atom stereocenters. The molecule has 3 amide bonds. The number of nitrogens with one attached hydrogen (secondary N) is 2. The van der Waals surface area contributed by atoms with Crippen molar-refractivity contribution in [1.82, 2.24) is 14.9 Å². The highest BCUT2D eigenvalue weighted by atomic mass is 19.4. The van der Waals surface area contributed by atoms with Gasteiger partial charge in [0.1, 0.15) is 17.1 Å². The quantitative estimate of drug-likeness (QED) is 0.401. The predicted octanol–water partition coefficient (Wildman–Crippen LogP) is 5.93. The van der Waals surface area contributed by atoms with Gasteiger partial charge in [0, 0.05) is 31.4 Å². The van der Waals surface area contributed by atoms with Gasteiger partial charge in [0.15, 0.2) is 0 Å². The SMILES string of the molecule is CC(=O)Nc1ccc(-c2cnc(NCc3ccc(C(F)(F)F)nc3)cc2C)c2c1C(=O)N(C(=O)OC(C)(C)C)C2. The Labute approximate surface area is 228 Å². The van der Waals surface area contributed by atoms with E-state index in [2.05, 4.69) is 20.6 Å². The monoisotopic (exact) mass is 555 g/mol. The van der Waals surface area contributed by atoms with E-state index in [9.17, 15) is 27.6 Å². The normalized spacial score (nSPS) is 13.2. The molecular weight excluding hydrogens is 527 g/mol. The van der Waals surface area contributed by atoms with E-state index in [1.807, 2.05) is 6.92 Å². The first-order chi connectivity index (χ1) is 18.6. The number of carbonyl (C=O) groups is 3. The molecule has 1 aliphatic heterocycles. The summed E-state index contributed by atoms with van der Waals surface area (Å²) in [5.41, 5.74) is 1.96. The molecule has 1 aromatic carbocycles. The van der Waals surface area contributed by atoms with Gasteiger partial charge >= 0.3 is 12.3 Å². The molecule has 2 aromatic heterocycles. The summed E-state index contributed by atoms with van der Waals surface area (Å²) in [5.74, 6) is -0.460. The lowest BCUT2D eigenvalue weighted by Crippen LogP contribution is -2.37. The number of fused-ring (bicyclic) bond motifs is 1. The number of anilines is 2. The minimum absolute atomic E-state index is 0.0494. The van der Waals surface area contributed by atoms with Crippen LogP contribution in [0.4, 0.5) is 29.5 Å². The highest BCUT2D eigenvalue weighted by Crippen LogP contribution is 2.39. The lowest BCUT2D eigenvalue weighted by molar-refractivity contribution is -0.141. The molecule has 210 valence electrons. The smallest absolute Gasteiger partial charge is 0.433 e. The molecule has 0 saturated carbocycles. The minimum Gasteiger partial charge on any atom is -0.443 e. The number of imide groups is 1. The summed E-state index contributed by atoms with van der Waals surface area (Å²) in [4.78, 5) is 46.8. The van der Waals surface area contributed by atoms with Crippen LogP contribution in [0.15, 0.2) is 42.7 Å². The van der Waals surface area contributed by atoms with Gasteiger partial charge in [-0.05, 0) is 68.1 Å². The fourth-order valence-corrected chi connectivity index (χ4v) is 4.26. The highest BCUT2D eigenvalue weighted by Gasteiger charge is 2.39. The predicted molar refractivity (Wildman–Crippen MR) is 141 cm³/mol. The average Bonchev–Trinajstić information content (AvgIpc) is 3.20. The van der Waals surface area contributed by atoms with Crippen molar-refractivity contribution in [3.05, 3.63) is 70.7 Å². The number of pyridine rings is 2. The lowest BCUT2D eigenvalue weighted by atomic mass is 9.94. The molecule has 12 heteroatoms. The first-order valence-corrected chi connectivity index (χ1v) is 12.4. The molecule has 0 unspecified atom stereocenters. The Morgan fingerprint density at radius 3 is 2.35 bits per heavy atom. The zero-order valence-corrected chi connectivity index (χ0v) is 22.6. The van der Waals surface area contributed by atoms with Gasteiger partial charge in [0.25, 0.3) is 5.91 Å². The summed E-state index contributed by atoms with van der Waals surface area (Å²) in [6.07, 6.45) is -2.53. The van der Waals surface area contributed by atoms with E-state index in [1.165, 1.54) is 13.0 Å². The number of benzene rings is 1. The molecule has 0 spiro atoms. The Morgan fingerprint density at radius 2 is 1.77 bits per heavy atom. The molecule has 0 bridgehead atoms. The van der Waals surface area contributed by atoms with E-state index in [1.54, 1.807) is 45.2 Å². The average molecular weight is 556 g/mol. The Balaban J connectivity index is 1.61. The molecule has 9 nitrogen and oxygen atoms in total. The first kappa shape index (κ1) is 28.5. The molecule has 3 heterocycles. The van der Waals surface area contributed by atoms with Crippen molar-refractivity contribution < 1.29 is 32.3 Å². The minimum atomic E-state index is -4.50. The van der Waals surface area contributed by atoms with Crippen LogP contribution >= 0.6 is 0 Å². The Morgan fingerprint density at radius 1 is 1.05 bits per heavy atom. The van der Waals surface area contributed by atoms with E-state index >= 15 is 0 Å². The molecule has 1 aliphatic rings. The molecule has 4 rings (SSSR count). The second kappa shape index (κ2) is 10.6. The van der Waals surface area contributed by atoms with Crippen LogP contribution in [-0.4, -0.2) is 38.4 Å². The molecule has 2 N–H and O–H groups in total. The number of carbonyl (C=O) groups excluding carboxylic acids is 3. The van der Waals surface area contributed by atoms with Gasteiger partial charge in [-0.2, -0.15) is 13.2 Å². The summed E-state index contributed by atoms with van der Waals surface area (Å²) >= 11 is 0. The summed E-state index contributed by atoms with van der Waals surface area (Å²) in [7, 11) is 0. The van der Waals surface area contributed by atoms with Crippen LogP contribution < -0.4 is 10.6 Å². The van der Waals surface area contributed by atoms with Crippen LogP contribution in [0.3, 0.4) is 0 Å². The number of rotatable bonds is 5. The van der Waals surface area contributed by atoms with E-state index in [0.717, 1.165) is 22.7 Å². The summed E-state index contributed by atoms with van der Waals surface area (Å²) < 4.78 is 43.7. The number of halogens is 3. The summed E-state index contributed by atoms with van der Waals surface area (Å²) in [6.45, 7) is 8.43. The van der Waals surface area contributed by atoms with Crippen molar-refractivity contribution in [3.63, 3.8) is 0 Å². The van der Waals surface area contributed by atoms with Crippen LogP contribution in [0.5, 0.6) is 0 Å². The number of nitrogens with zero attached hydrogens (tertiary/aromatic N) is 3. The Hall–Kier alpha value is -4.48. The number of alkyl halides is 3. The van der Waals surface area contributed by atoms with Gasteiger partial charge in [-0.3, -0.25) is 14.6 Å². The largest absolute Gasteiger partial charge is 0.443 e. The Kier molecular flexibility index (Phi) is 7.55. The maximum atomic E-state index is 13.3. The highest BCUT2D eigenvalue weighted by molar-refractivity contribution is 6.13. The number of aromatic nitrogens is 2. The first-order valence-electron chi connectivity index (χ1n) is 12.4. The third kappa shape index (κ3) is 6.22. The Bertz CT molecular complexity index is 1480. The zero-order valence-electron chi connectivity index (χ0n) is 22.6. The molecule has 40 heavy (non-hydrogen) atoms. The van der Waals surface area contributed by atoms with Gasteiger partial charge in [-0.15, -0.1) is 0 Å². The van der Waals surface area contributed by atoms with Crippen molar-refractivity contribution in [2.75, 3.05) is 10.6 Å². The maximum Gasteiger partial charge on any atom is 0.433 e.